The molecule has 0 aliphatic heterocycles. The number of nitrogens with one attached hydrogen (secondary N) is 2. The average molecular weight is 464 g/mol. The zero-order chi connectivity index (χ0) is 21.3. The van der Waals surface area contributed by atoms with Crippen molar-refractivity contribution in [1.82, 2.24) is 10.7 Å². The van der Waals surface area contributed by atoms with Gasteiger partial charge in [0.15, 0.2) is 0 Å². The molecule has 30 heavy (non-hydrogen) atoms. The molecule has 0 bridgehead atoms. The van der Waals surface area contributed by atoms with Crippen LogP contribution in [0.1, 0.15) is 40.9 Å². The lowest BCUT2D eigenvalue weighted by molar-refractivity contribution is -0.121. The molecule has 3 rings (SSSR count). The third kappa shape index (κ3) is 6.12. The molecule has 3 aromatic rings. The smallest absolute Gasteiger partial charge is 0.251 e. The van der Waals surface area contributed by atoms with Gasteiger partial charge in [0.05, 0.1) is 18.2 Å². The largest absolute Gasteiger partial charge is 0.345 e. The van der Waals surface area contributed by atoms with Crippen molar-refractivity contribution in [2.75, 3.05) is 0 Å². The summed E-state index contributed by atoms with van der Waals surface area (Å²) in [4.78, 5) is 25.2. The van der Waals surface area contributed by atoms with Crippen molar-refractivity contribution in [3.05, 3.63) is 106 Å². The maximum absolute atomic E-state index is 12.6. The number of carbonyl (C=O) groups excluding carboxylic acids is 2. The number of hydrogen-bond acceptors (Lipinski definition) is 3. The fraction of sp³-hybridized carbons (Fsp3) is 0.125. The van der Waals surface area contributed by atoms with Gasteiger partial charge in [0, 0.05) is 10.0 Å². The molecule has 2 N–H and O–H groups in total. The van der Waals surface area contributed by atoms with E-state index in [1.54, 1.807) is 24.3 Å². The van der Waals surface area contributed by atoms with Crippen LogP contribution < -0.4 is 10.7 Å². The molecule has 3 aromatic carbocycles. The quantitative estimate of drug-likeness (QED) is 0.388. The van der Waals surface area contributed by atoms with E-state index in [4.69, 9.17) is 0 Å². The number of nitrogens with zero attached hydrogens (tertiary/aromatic N) is 1. The van der Waals surface area contributed by atoms with Crippen molar-refractivity contribution in [3.63, 3.8) is 0 Å². The molecule has 0 saturated heterocycles. The predicted octanol–water partition coefficient (Wildman–Crippen LogP) is 4.85. The minimum absolute atomic E-state index is 0.0692. The van der Waals surface area contributed by atoms with E-state index < -0.39 is 6.04 Å². The molecule has 0 heterocycles. The normalized spacial score (nSPS) is 12.1. The molecular weight excluding hydrogens is 442 g/mol. The minimum atomic E-state index is -0.470. The summed E-state index contributed by atoms with van der Waals surface area (Å²) >= 11 is 3.40. The van der Waals surface area contributed by atoms with Crippen LogP contribution in [0.15, 0.2) is 94.5 Å². The molecule has 0 aromatic heterocycles. The molecule has 0 unspecified atom stereocenters. The Morgan fingerprint density at radius 2 is 1.47 bits per heavy atom. The lowest BCUT2D eigenvalue weighted by Crippen LogP contribution is -2.32. The first-order valence-corrected chi connectivity index (χ1v) is 10.3. The molecule has 0 spiro atoms. The molecule has 0 aliphatic rings. The Morgan fingerprint density at radius 3 is 2.10 bits per heavy atom. The van der Waals surface area contributed by atoms with E-state index in [1.807, 2.05) is 67.6 Å². The van der Waals surface area contributed by atoms with E-state index in [2.05, 4.69) is 31.8 Å². The lowest BCUT2D eigenvalue weighted by Gasteiger charge is -2.18. The maximum atomic E-state index is 12.6. The zero-order valence-corrected chi connectivity index (χ0v) is 18.1. The summed E-state index contributed by atoms with van der Waals surface area (Å²) in [7, 11) is 0. The molecule has 0 fully saturated rings. The number of amides is 2. The summed E-state index contributed by atoms with van der Waals surface area (Å²) in [5.74, 6) is -0.513. The fourth-order valence-corrected chi connectivity index (χ4v) is 3.17. The van der Waals surface area contributed by atoms with Gasteiger partial charge in [-0.25, -0.2) is 5.43 Å². The van der Waals surface area contributed by atoms with Crippen LogP contribution in [0.5, 0.6) is 0 Å². The Bertz CT molecular complexity index is 1020. The highest BCUT2D eigenvalue weighted by molar-refractivity contribution is 9.10. The molecule has 2 amide bonds. The van der Waals surface area contributed by atoms with E-state index >= 15 is 0 Å². The Balaban J connectivity index is 1.69. The van der Waals surface area contributed by atoms with E-state index in [9.17, 15) is 9.59 Å². The maximum Gasteiger partial charge on any atom is 0.251 e. The van der Waals surface area contributed by atoms with Crippen LogP contribution in [-0.4, -0.2) is 17.5 Å². The number of hydrogen-bond donors (Lipinski definition) is 2. The van der Waals surface area contributed by atoms with Gasteiger partial charge in [-0.3, -0.25) is 9.59 Å². The van der Waals surface area contributed by atoms with Gasteiger partial charge in [-0.05, 0) is 42.3 Å². The lowest BCUT2D eigenvalue weighted by atomic mass is 10.0. The first kappa shape index (κ1) is 21.5. The predicted molar refractivity (Wildman–Crippen MR) is 122 cm³/mol. The van der Waals surface area contributed by atoms with Crippen molar-refractivity contribution in [3.8, 4) is 0 Å². The Hall–Kier alpha value is -3.25. The fourth-order valence-electron chi connectivity index (χ4n) is 2.90. The minimum Gasteiger partial charge on any atom is -0.345 e. The monoisotopic (exact) mass is 463 g/mol. The van der Waals surface area contributed by atoms with Gasteiger partial charge in [-0.2, -0.15) is 5.10 Å². The highest BCUT2D eigenvalue weighted by Gasteiger charge is 2.19. The van der Waals surface area contributed by atoms with E-state index in [0.29, 0.717) is 11.3 Å². The Kier molecular flexibility index (Phi) is 7.51. The van der Waals surface area contributed by atoms with E-state index in [1.165, 1.54) is 0 Å². The van der Waals surface area contributed by atoms with Crippen LogP contribution in [0.3, 0.4) is 0 Å². The molecule has 0 radical (unpaired) electrons. The summed E-state index contributed by atoms with van der Waals surface area (Å²) in [5, 5.41) is 7.15. The summed E-state index contributed by atoms with van der Waals surface area (Å²) in [5.41, 5.74) is 5.60. The van der Waals surface area contributed by atoms with Crippen LogP contribution in [0.2, 0.25) is 0 Å². The Labute approximate surface area is 184 Å². The Morgan fingerprint density at radius 1 is 0.867 bits per heavy atom. The van der Waals surface area contributed by atoms with E-state index in [0.717, 1.165) is 15.6 Å². The van der Waals surface area contributed by atoms with Crippen molar-refractivity contribution < 1.29 is 9.59 Å². The van der Waals surface area contributed by atoms with E-state index in [-0.39, 0.29) is 18.2 Å². The first-order chi connectivity index (χ1) is 14.5. The molecule has 6 heteroatoms. The third-order valence-corrected chi connectivity index (χ3v) is 5.07. The number of hydrazone groups is 1. The topological polar surface area (TPSA) is 70.6 Å². The second-order valence-corrected chi connectivity index (χ2v) is 7.66. The van der Waals surface area contributed by atoms with Crippen LogP contribution in [0, 0.1) is 0 Å². The standard InChI is InChI=1S/C24H22BrN3O2/c1-17(18-12-14-21(25)15-13-18)27-28-23(29)16-22(19-8-4-2-5-9-19)26-24(30)20-10-6-3-7-11-20/h2-15,22H,16H2,1H3,(H,26,30)(H,28,29)/t22-/m0/s1. The summed E-state index contributed by atoms with van der Waals surface area (Å²) in [6.45, 7) is 1.83. The molecule has 152 valence electrons. The number of halogens is 1. The van der Waals surface area contributed by atoms with Crippen LogP contribution >= 0.6 is 15.9 Å². The highest BCUT2D eigenvalue weighted by atomic mass is 79.9. The van der Waals surface area contributed by atoms with Gasteiger partial charge in [-0.1, -0.05) is 76.6 Å². The number of rotatable bonds is 7. The zero-order valence-electron chi connectivity index (χ0n) is 16.5. The average Bonchev–Trinajstić information content (AvgIpc) is 2.78. The van der Waals surface area contributed by atoms with Gasteiger partial charge in [0.25, 0.3) is 5.91 Å². The van der Waals surface area contributed by atoms with Crippen molar-refractivity contribution in [1.29, 1.82) is 0 Å². The molecule has 1 atom stereocenters. The van der Waals surface area contributed by atoms with Crippen molar-refractivity contribution >= 4 is 33.5 Å². The number of carbonyl (C=O) groups is 2. The van der Waals surface area contributed by atoms with Crippen LogP contribution in [-0.2, 0) is 4.79 Å². The second kappa shape index (κ2) is 10.5. The van der Waals surface area contributed by atoms with Crippen molar-refractivity contribution in [2.24, 2.45) is 5.10 Å². The van der Waals surface area contributed by atoms with Crippen LogP contribution in [0.4, 0.5) is 0 Å². The molecular formula is C24H22BrN3O2. The van der Waals surface area contributed by atoms with Gasteiger partial charge in [0.1, 0.15) is 0 Å². The second-order valence-electron chi connectivity index (χ2n) is 6.75. The van der Waals surface area contributed by atoms with Crippen molar-refractivity contribution in [2.45, 2.75) is 19.4 Å². The third-order valence-electron chi connectivity index (χ3n) is 4.54. The first-order valence-electron chi connectivity index (χ1n) is 9.53. The van der Waals surface area contributed by atoms with Gasteiger partial charge in [0.2, 0.25) is 5.91 Å². The molecule has 5 nitrogen and oxygen atoms in total. The molecule has 0 saturated carbocycles. The highest BCUT2D eigenvalue weighted by Crippen LogP contribution is 2.18. The van der Waals surface area contributed by atoms with Gasteiger partial charge < -0.3 is 5.32 Å². The summed E-state index contributed by atoms with van der Waals surface area (Å²) < 4.78 is 0.975. The summed E-state index contributed by atoms with van der Waals surface area (Å²) in [6, 6.07) is 25.6. The number of benzene rings is 3. The SMILES string of the molecule is CC(=NNC(=O)C[C@H](NC(=O)c1ccccc1)c1ccccc1)c1ccc(Br)cc1. The van der Waals surface area contributed by atoms with Gasteiger partial charge in [-0.15, -0.1) is 0 Å². The molecule has 0 aliphatic carbocycles. The summed E-state index contributed by atoms with van der Waals surface area (Å²) in [6.07, 6.45) is 0.0692. The van der Waals surface area contributed by atoms with Gasteiger partial charge >= 0.3 is 0 Å². The van der Waals surface area contributed by atoms with Crippen LogP contribution in [0.25, 0.3) is 0 Å².